The van der Waals surface area contributed by atoms with Crippen molar-refractivity contribution in [3.8, 4) is 0 Å². The van der Waals surface area contributed by atoms with Gasteiger partial charge < -0.3 is 0 Å². The Morgan fingerprint density at radius 2 is 2.00 bits per heavy atom. The number of halogens is 1. The molecule has 0 aliphatic heterocycles. The summed E-state index contributed by atoms with van der Waals surface area (Å²) in [5.41, 5.74) is 3.15. The third-order valence-corrected chi connectivity index (χ3v) is 2.91. The van der Waals surface area contributed by atoms with Crippen LogP contribution in [0.2, 0.25) is 0 Å². The summed E-state index contributed by atoms with van der Waals surface area (Å²) in [6.07, 6.45) is 0.655. The minimum Gasteiger partial charge on any atom is -0.261 e. The number of carbonyl (C=O) groups is 1. The van der Waals surface area contributed by atoms with Crippen molar-refractivity contribution in [2.24, 2.45) is 5.92 Å². The lowest BCUT2D eigenvalue weighted by Crippen LogP contribution is -1.93. The van der Waals surface area contributed by atoms with Crippen LogP contribution >= 0.6 is 0 Å². The number of hydrogen-bond donors (Lipinski definition) is 0. The van der Waals surface area contributed by atoms with Crippen molar-refractivity contribution < 1.29 is 9.18 Å². The Morgan fingerprint density at radius 1 is 1.40 bits per heavy atom. The number of rotatable bonds is 3. The van der Waals surface area contributed by atoms with E-state index in [4.69, 9.17) is 0 Å². The Hall–Kier alpha value is -1.44. The molecular weight excluding hydrogens is 191 g/mol. The molecule has 1 saturated carbocycles. The van der Waals surface area contributed by atoms with Crippen LogP contribution in [-0.2, 0) is 4.79 Å². The Bertz CT molecular complexity index is 405. The smallest absolute Gasteiger partial charge is 0.261 e. The summed E-state index contributed by atoms with van der Waals surface area (Å²) < 4.78 is 12.4. The van der Waals surface area contributed by atoms with Crippen molar-refractivity contribution in [2.45, 2.75) is 19.3 Å². The van der Waals surface area contributed by atoms with E-state index in [0.717, 1.165) is 16.7 Å². The van der Waals surface area contributed by atoms with Crippen molar-refractivity contribution in [2.75, 3.05) is 0 Å². The molecule has 78 valence electrons. The molecule has 0 spiro atoms. The lowest BCUT2D eigenvalue weighted by Gasteiger charge is -2.02. The summed E-state index contributed by atoms with van der Waals surface area (Å²) >= 11 is 0. The third kappa shape index (κ3) is 1.99. The molecular formula is C13H13FO. The molecule has 0 heterocycles. The van der Waals surface area contributed by atoms with E-state index >= 15 is 0 Å². The second kappa shape index (κ2) is 3.61. The van der Waals surface area contributed by atoms with Gasteiger partial charge in [0.2, 0.25) is 0 Å². The molecule has 1 aromatic carbocycles. The maximum absolute atomic E-state index is 12.4. The van der Waals surface area contributed by atoms with Gasteiger partial charge in [-0.25, -0.2) is 0 Å². The van der Waals surface area contributed by atoms with Gasteiger partial charge in [-0.2, -0.15) is 4.39 Å². The predicted molar refractivity (Wildman–Crippen MR) is 58.1 cm³/mol. The minimum atomic E-state index is -1.18. The molecule has 2 rings (SSSR count). The van der Waals surface area contributed by atoms with Gasteiger partial charge in [0.25, 0.3) is 0 Å². The molecule has 0 radical (unpaired) electrons. The van der Waals surface area contributed by atoms with E-state index in [0.29, 0.717) is 6.42 Å². The summed E-state index contributed by atoms with van der Waals surface area (Å²) in [5.74, 6) is -0.289. The summed E-state index contributed by atoms with van der Waals surface area (Å²) in [5, 5.41) is 0. The van der Waals surface area contributed by atoms with Crippen LogP contribution in [0.15, 0.2) is 30.8 Å². The number of allylic oxidation sites excluding steroid dienone is 1. The fraction of sp³-hybridized carbons (Fsp3) is 0.308. The second-order valence-corrected chi connectivity index (χ2v) is 4.16. The first-order chi connectivity index (χ1) is 7.09. The zero-order valence-electron chi connectivity index (χ0n) is 8.66. The van der Waals surface area contributed by atoms with Gasteiger partial charge in [-0.3, -0.25) is 4.79 Å². The molecule has 2 heteroatoms. The molecule has 1 aromatic rings. The molecule has 1 aliphatic carbocycles. The van der Waals surface area contributed by atoms with Crippen LogP contribution in [0.1, 0.15) is 30.4 Å². The first kappa shape index (κ1) is 10.1. The van der Waals surface area contributed by atoms with Gasteiger partial charge in [0.1, 0.15) is 0 Å². The average Bonchev–Trinajstić information content (AvgIpc) is 2.97. The average molecular weight is 204 g/mol. The van der Waals surface area contributed by atoms with Crippen LogP contribution in [0.4, 0.5) is 4.39 Å². The predicted octanol–water partition coefficient (Wildman–Crippen LogP) is 3.32. The molecule has 1 aliphatic rings. The van der Waals surface area contributed by atoms with E-state index in [1.807, 2.05) is 31.2 Å². The molecule has 0 saturated heterocycles. The Morgan fingerprint density at radius 3 is 2.40 bits per heavy atom. The van der Waals surface area contributed by atoms with Crippen LogP contribution in [0.3, 0.4) is 0 Å². The van der Waals surface area contributed by atoms with Crippen molar-refractivity contribution in [1.29, 1.82) is 0 Å². The number of benzene rings is 1. The summed E-state index contributed by atoms with van der Waals surface area (Å²) in [6, 6.07) is 6.67. The van der Waals surface area contributed by atoms with Gasteiger partial charge in [0.15, 0.2) is 0 Å². The van der Waals surface area contributed by atoms with Crippen molar-refractivity contribution >= 4 is 11.6 Å². The van der Waals surface area contributed by atoms with Crippen LogP contribution in [0, 0.1) is 5.92 Å². The monoisotopic (exact) mass is 204 g/mol. The molecule has 0 aromatic heterocycles. The van der Waals surface area contributed by atoms with E-state index in [-0.39, 0.29) is 11.8 Å². The fourth-order valence-corrected chi connectivity index (χ4v) is 1.83. The molecule has 15 heavy (non-hydrogen) atoms. The van der Waals surface area contributed by atoms with Gasteiger partial charge in [-0.05, 0) is 30.4 Å². The summed E-state index contributed by atoms with van der Waals surface area (Å²) in [6.45, 7) is 5.79. The maximum Gasteiger partial charge on any atom is 0.305 e. The normalized spacial score (nSPS) is 23.6. The molecule has 0 amide bonds. The zero-order valence-corrected chi connectivity index (χ0v) is 8.66. The maximum atomic E-state index is 12.4. The largest absolute Gasteiger partial charge is 0.305 e. The summed E-state index contributed by atoms with van der Waals surface area (Å²) in [4.78, 5) is 10.5. The fourth-order valence-electron chi connectivity index (χ4n) is 1.83. The van der Waals surface area contributed by atoms with Gasteiger partial charge in [0, 0.05) is 0 Å². The first-order valence-corrected chi connectivity index (χ1v) is 5.05. The van der Waals surface area contributed by atoms with Gasteiger partial charge in [-0.15, -0.1) is 0 Å². The lowest BCUT2D eigenvalue weighted by molar-refractivity contribution is -0.130. The second-order valence-electron chi connectivity index (χ2n) is 4.16. The Labute approximate surface area is 88.6 Å². The highest BCUT2D eigenvalue weighted by Crippen LogP contribution is 2.48. The number of hydrogen-bond acceptors (Lipinski definition) is 1. The third-order valence-electron chi connectivity index (χ3n) is 2.91. The van der Waals surface area contributed by atoms with Crippen molar-refractivity contribution in [1.82, 2.24) is 0 Å². The minimum absolute atomic E-state index is 0.0988. The first-order valence-electron chi connectivity index (χ1n) is 5.05. The van der Waals surface area contributed by atoms with Crippen molar-refractivity contribution in [3.05, 3.63) is 42.0 Å². The van der Waals surface area contributed by atoms with E-state index in [2.05, 4.69) is 6.58 Å². The molecule has 0 bridgehead atoms. The molecule has 2 atom stereocenters. The highest BCUT2D eigenvalue weighted by atomic mass is 19.1. The van der Waals surface area contributed by atoms with Gasteiger partial charge >= 0.3 is 6.04 Å². The molecule has 1 nitrogen and oxygen atoms in total. The van der Waals surface area contributed by atoms with Crippen LogP contribution in [-0.4, -0.2) is 6.04 Å². The molecule has 0 N–H and O–H groups in total. The summed E-state index contributed by atoms with van der Waals surface area (Å²) in [7, 11) is 0. The highest BCUT2D eigenvalue weighted by molar-refractivity contribution is 5.76. The van der Waals surface area contributed by atoms with Gasteiger partial charge in [-0.1, -0.05) is 36.4 Å². The number of carbonyl (C=O) groups excluding carboxylic acids is 1. The quantitative estimate of drug-likeness (QED) is 0.690. The Balaban J connectivity index is 2.12. The van der Waals surface area contributed by atoms with Crippen LogP contribution < -0.4 is 0 Å². The Kier molecular flexibility index (Phi) is 2.43. The molecule has 2 unspecified atom stereocenters. The molecule has 1 fully saturated rings. The van der Waals surface area contributed by atoms with Crippen LogP contribution in [0.25, 0.3) is 5.57 Å². The SMILES string of the molecule is C=C(C)c1ccc(C2CC2C(=O)F)cc1. The highest BCUT2D eigenvalue weighted by Gasteiger charge is 2.44. The van der Waals surface area contributed by atoms with E-state index in [1.54, 1.807) is 0 Å². The van der Waals surface area contributed by atoms with Gasteiger partial charge in [0.05, 0.1) is 5.92 Å². The van der Waals surface area contributed by atoms with Crippen LogP contribution in [0.5, 0.6) is 0 Å². The van der Waals surface area contributed by atoms with E-state index in [1.165, 1.54) is 0 Å². The standard InChI is InChI=1S/C13H13FO/c1-8(2)9-3-5-10(6-4-9)11-7-12(11)13(14)15/h3-6,11-12H,1,7H2,2H3. The van der Waals surface area contributed by atoms with E-state index < -0.39 is 6.04 Å². The van der Waals surface area contributed by atoms with Crippen molar-refractivity contribution in [3.63, 3.8) is 0 Å². The lowest BCUT2D eigenvalue weighted by atomic mass is 10.0. The van der Waals surface area contributed by atoms with E-state index in [9.17, 15) is 9.18 Å². The topological polar surface area (TPSA) is 17.1 Å². The zero-order chi connectivity index (χ0) is 11.0.